The monoisotopic (exact) mass is 860 g/mol. The van der Waals surface area contributed by atoms with Gasteiger partial charge in [-0.05, 0) is 90.6 Å². The van der Waals surface area contributed by atoms with Gasteiger partial charge >= 0.3 is 12.2 Å². The van der Waals surface area contributed by atoms with Gasteiger partial charge in [0.05, 0.1) is 56.1 Å². The number of aliphatic hydroxyl groups excluding tert-OH is 1. The number of aromatic amines is 2. The van der Waals surface area contributed by atoms with Crippen LogP contribution in [0.4, 0.5) is 9.59 Å². The van der Waals surface area contributed by atoms with E-state index in [1.165, 1.54) is 14.2 Å². The van der Waals surface area contributed by atoms with Gasteiger partial charge in [-0.25, -0.2) is 19.6 Å². The molecule has 1 unspecified atom stereocenters. The number of likely N-dealkylation sites (tertiary alicyclic amines) is 2. The van der Waals surface area contributed by atoms with Crippen LogP contribution < -0.4 is 15.4 Å². The van der Waals surface area contributed by atoms with Crippen molar-refractivity contribution in [2.45, 2.75) is 89.4 Å². The molecule has 3 aromatic carbocycles. The lowest BCUT2D eigenvalue weighted by molar-refractivity contribution is -0.136. The Labute approximate surface area is 366 Å². The number of ether oxygens (including phenoxy) is 4. The Hall–Kier alpha value is -5.97. The zero-order valence-electron chi connectivity index (χ0n) is 36.2. The first kappa shape index (κ1) is 42.3. The molecule has 5 atom stereocenters. The minimum atomic E-state index is -0.903. The number of amides is 3. The van der Waals surface area contributed by atoms with Crippen LogP contribution in [0.3, 0.4) is 0 Å². The molecule has 5 N–H and O–H groups in total. The van der Waals surface area contributed by atoms with Crippen molar-refractivity contribution in [1.82, 2.24) is 40.4 Å². The summed E-state index contributed by atoms with van der Waals surface area (Å²) in [5, 5.41) is 19.1. The summed E-state index contributed by atoms with van der Waals surface area (Å²) in [6.45, 7) is 6.72. The van der Waals surface area contributed by atoms with Crippen LogP contribution in [0.15, 0.2) is 60.9 Å². The zero-order chi connectivity index (χ0) is 43.8. The van der Waals surface area contributed by atoms with E-state index in [0.717, 1.165) is 93.1 Å². The number of carbonyl (C=O) groups excluding carboxylic acids is 3. The summed E-state index contributed by atoms with van der Waals surface area (Å²) in [6, 6.07) is 15.4. The number of H-pyrrole nitrogens is 2. The van der Waals surface area contributed by atoms with Gasteiger partial charge in [-0.15, -0.1) is 0 Å². The minimum absolute atomic E-state index is 0.0156. The first-order chi connectivity index (χ1) is 30.6. The van der Waals surface area contributed by atoms with Crippen LogP contribution in [0.2, 0.25) is 0 Å². The van der Waals surface area contributed by atoms with Gasteiger partial charge in [0, 0.05) is 42.8 Å². The van der Waals surface area contributed by atoms with E-state index in [9.17, 15) is 19.5 Å². The third-order valence-corrected chi connectivity index (χ3v) is 13.3. The fraction of sp³-hybridized carbons (Fsp3) is 0.468. The maximum atomic E-state index is 14.1. The lowest BCUT2D eigenvalue weighted by Gasteiger charge is -2.35. The highest BCUT2D eigenvalue weighted by Crippen LogP contribution is 2.44. The van der Waals surface area contributed by atoms with Crippen molar-refractivity contribution < 1.29 is 38.4 Å². The maximum Gasteiger partial charge on any atom is 0.407 e. The Morgan fingerprint density at radius 1 is 0.810 bits per heavy atom. The number of carbonyl (C=O) groups is 3. The predicted octanol–water partition coefficient (Wildman–Crippen LogP) is 6.83. The molecular weight excluding hydrogens is 805 g/mol. The van der Waals surface area contributed by atoms with Crippen LogP contribution in [-0.4, -0.2) is 112 Å². The van der Waals surface area contributed by atoms with E-state index >= 15 is 0 Å². The van der Waals surface area contributed by atoms with Crippen molar-refractivity contribution in [2.24, 2.45) is 11.8 Å². The van der Waals surface area contributed by atoms with Crippen molar-refractivity contribution in [3.8, 4) is 39.4 Å². The summed E-state index contributed by atoms with van der Waals surface area (Å²) < 4.78 is 21.8. The second-order valence-electron chi connectivity index (χ2n) is 17.4. The second kappa shape index (κ2) is 18.0. The molecule has 0 aliphatic carbocycles. The predicted molar refractivity (Wildman–Crippen MR) is 234 cm³/mol. The lowest BCUT2D eigenvalue weighted by atomic mass is 9.90. The topological polar surface area (TPSA) is 196 Å². The van der Waals surface area contributed by atoms with E-state index in [1.54, 1.807) is 0 Å². The molecule has 3 saturated heterocycles. The maximum absolute atomic E-state index is 14.1. The first-order valence-corrected chi connectivity index (χ1v) is 22.1. The molecule has 332 valence electrons. The van der Waals surface area contributed by atoms with Gasteiger partial charge in [0.2, 0.25) is 5.91 Å². The molecule has 3 fully saturated rings. The van der Waals surface area contributed by atoms with Crippen LogP contribution >= 0.6 is 0 Å². The number of fused-ring (bicyclic) bond motifs is 5. The van der Waals surface area contributed by atoms with Crippen LogP contribution in [0.25, 0.3) is 44.4 Å². The fourth-order valence-corrected chi connectivity index (χ4v) is 9.93. The molecule has 0 bridgehead atoms. The molecule has 6 heterocycles. The van der Waals surface area contributed by atoms with Gasteiger partial charge < -0.3 is 49.6 Å². The number of benzene rings is 3. The fourth-order valence-electron chi connectivity index (χ4n) is 9.93. The number of hydrogen-bond acceptors (Lipinski definition) is 11. The number of nitrogens with zero attached hydrogens (tertiary/aromatic N) is 4. The van der Waals surface area contributed by atoms with Crippen LogP contribution in [-0.2, 0) is 25.6 Å². The molecule has 5 aromatic rings. The van der Waals surface area contributed by atoms with Gasteiger partial charge in [0.25, 0.3) is 0 Å². The Balaban J connectivity index is 0.905. The van der Waals surface area contributed by atoms with Crippen molar-refractivity contribution in [3.63, 3.8) is 0 Å². The minimum Gasteiger partial charge on any atom is -0.488 e. The normalized spacial score (nSPS) is 20.4. The van der Waals surface area contributed by atoms with E-state index in [0.29, 0.717) is 45.8 Å². The number of rotatable bonds is 11. The summed E-state index contributed by atoms with van der Waals surface area (Å²) >= 11 is 0. The largest absolute Gasteiger partial charge is 0.488 e. The summed E-state index contributed by atoms with van der Waals surface area (Å²) in [6.07, 6.45) is 6.30. The van der Waals surface area contributed by atoms with Gasteiger partial charge in [0.15, 0.2) is 0 Å². The van der Waals surface area contributed by atoms with Crippen LogP contribution in [0.5, 0.6) is 5.75 Å². The molecular formula is C47H56N8O8. The average molecular weight is 861 g/mol. The Bertz CT molecular complexity index is 2480. The van der Waals surface area contributed by atoms with Crippen LogP contribution in [0, 0.1) is 11.8 Å². The van der Waals surface area contributed by atoms with Gasteiger partial charge in [-0.1, -0.05) is 44.2 Å². The number of aliphatic hydroxyl groups is 1. The lowest BCUT2D eigenvalue weighted by Crippen LogP contribution is -2.54. The zero-order valence-corrected chi connectivity index (χ0v) is 36.2. The first-order valence-electron chi connectivity index (χ1n) is 22.1. The number of hydrogen-bond donors (Lipinski definition) is 5. The van der Waals surface area contributed by atoms with Crippen molar-refractivity contribution in [2.75, 3.05) is 40.5 Å². The Kier molecular flexibility index (Phi) is 12.1. The Morgan fingerprint density at radius 2 is 1.46 bits per heavy atom. The third kappa shape index (κ3) is 8.34. The molecule has 16 nitrogen and oxygen atoms in total. The molecule has 9 rings (SSSR count). The summed E-state index contributed by atoms with van der Waals surface area (Å²) in [7, 11) is 2.63. The number of methoxy groups -OCH3 is 2. The molecule has 2 aromatic heterocycles. The average Bonchev–Trinajstić information content (AvgIpc) is 4.16. The molecule has 0 radical (unpaired) electrons. The number of imidazole rings is 2. The second-order valence-corrected chi connectivity index (χ2v) is 17.4. The highest BCUT2D eigenvalue weighted by atomic mass is 16.5. The van der Waals surface area contributed by atoms with Gasteiger partial charge in [0.1, 0.15) is 36.3 Å². The van der Waals surface area contributed by atoms with Gasteiger partial charge in [-0.3, -0.25) is 9.69 Å². The number of aromatic nitrogens is 4. The summed E-state index contributed by atoms with van der Waals surface area (Å²) in [5.41, 5.74) is 6.89. The molecule has 63 heavy (non-hydrogen) atoms. The van der Waals surface area contributed by atoms with E-state index in [-0.39, 0.29) is 29.8 Å². The summed E-state index contributed by atoms with van der Waals surface area (Å²) in [4.78, 5) is 58.9. The van der Waals surface area contributed by atoms with Crippen molar-refractivity contribution in [1.29, 1.82) is 0 Å². The van der Waals surface area contributed by atoms with E-state index in [2.05, 4.69) is 69.1 Å². The third-order valence-electron chi connectivity index (χ3n) is 13.3. The molecule has 16 heteroatoms. The molecule has 3 amide bonds. The van der Waals surface area contributed by atoms with E-state index in [1.807, 2.05) is 36.0 Å². The van der Waals surface area contributed by atoms with Gasteiger partial charge in [-0.2, -0.15) is 0 Å². The van der Waals surface area contributed by atoms with Crippen molar-refractivity contribution in [3.05, 3.63) is 78.1 Å². The highest BCUT2D eigenvalue weighted by Gasteiger charge is 2.41. The van der Waals surface area contributed by atoms with Crippen LogP contribution in [0.1, 0.15) is 81.7 Å². The number of alkyl carbamates (subject to hydrolysis) is 2. The highest BCUT2D eigenvalue weighted by molar-refractivity contribution is 5.98. The molecule has 0 spiro atoms. The molecule has 0 saturated carbocycles. The SMILES string of the molecule is COC(=O)N[C@@H](C(C)C)C(O)N1CCC[C@H]1c1ncc(-c2ccc3c4c(ccc3c2)-c2ccc(-c3cnc([C@@H]5CCCN5C(=O)[C@@H](NC(=O)OC)C5CCOCC5)[nH]3)cc2CO4)[nH]1. The standard InChI is InChI=1S/C47H56N8O8/c1-26(2)39(52-46(58)60-3)44(56)54-17-5-7-37(54)42-48-23-35(50-42)29-11-13-33-28(21-29)9-14-34-32-12-10-30(22-31(32)25-63-41(33)34)36-24-49-43(51-36)38-8-6-18-55(38)45(57)40(53-47(59)61-4)27-15-19-62-20-16-27/h9-14,21-24,26-27,37-40,44,56H,5-8,15-20,25H2,1-4H3,(H,48,50)(H,49,51)(H,52,58)(H,53,59)/t37-,38-,39-,40-,44?/m0/s1. The molecule has 4 aliphatic rings. The Morgan fingerprint density at radius 3 is 2.19 bits per heavy atom. The summed E-state index contributed by atoms with van der Waals surface area (Å²) in [5.74, 6) is 2.18. The molecule has 4 aliphatic heterocycles. The quantitative estimate of drug-likeness (QED) is 0.0934. The number of nitrogens with one attached hydrogen (secondary N) is 4. The van der Waals surface area contributed by atoms with E-state index < -0.39 is 30.5 Å². The van der Waals surface area contributed by atoms with Crippen molar-refractivity contribution >= 4 is 28.9 Å². The van der Waals surface area contributed by atoms with E-state index in [4.69, 9.17) is 28.9 Å². The smallest absolute Gasteiger partial charge is 0.407 e.